The number of aromatic amines is 1. The van der Waals surface area contributed by atoms with Crippen LogP contribution >= 0.6 is 0 Å². The maximum Gasteiger partial charge on any atom is 0.222 e. The summed E-state index contributed by atoms with van der Waals surface area (Å²) >= 11 is 0. The number of H-pyrrole nitrogens is 1. The van der Waals surface area contributed by atoms with Gasteiger partial charge in [-0.3, -0.25) is 4.98 Å². The molecule has 3 aromatic heterocycles. The molecule has 0 saturated heterocycles. The fourth-order valence-corrected chi connectivity index (χ4v) is 2.54. The zero-order valence-electron chi connectivity index (χ0n) is 11.3. The van der Waals surface area contributed by atoms with Crippen LogP contribution in [0.1, 0.15) is 0 Å². The van der Waals surface area contributed by atoms with Gasteiger partial charge in [-0.25, -0.2) is 14.2 Å². The average molecular weight is 287 g/mol. The molecule has 1 N–H and O–H groups in total. The SMILES string of the molecule is [C-]#[N+]c1ccc(-c2ccc3c(n2)[nH]c2ccncc23)cc1[18F]. The van der Waals surface area contributed by atoms with E-state index < -0.39 is 5.82 Å². The lowest BCUT2D eigenvalue weighted by atomic mass is 10.1. The maximum absolute atomic E-state index is 13.8. The quantitative estimate of drug-likeness (QED) is 0.525. The Kier molecular flexibility index (Phi) is 2.63. The first-order valence-electron chi connectivity index (χ1n) is 6.66. The summed E-state index contributed by atoms with van der Waals surface area (Å²) in [7, 11) is 0. The van der Waals surface area contributed by atoms with Crippen molar-refractivity contribution >= 4 is 27.6 Å². The van der Waals surface area contributed by atoms with E-state index in [4.69, 9.17) is 6.57 Å². The summed E-state index contributed by atoms with van der Waals surface area (Å²) in [6.07, 6.45) is 3.51. The van der Waals surface area contributed by atoms with Crippen molar-refractivity contribution in [2.24, 2.45) is 0 Å². The van der Waals surface area contributed by atoms with Crippen LogP contribution in [0.15, 0.2) is 48.8 Å². The Morgan fingerprint density at radius 2 is 2.00 bits per heavy atom. The number of pyridine rings is 2. The standard InChI is InChI=1S/C17H9FN4/c1-19-16-4-2-10(8-13(16)18)14-5-3-11-12-9-20-7-6-15(12)22-17(11)21-14/h2-9H,(H,21,22)/i18-1. The normalized spacial score (nSPS) is 10.9. The van der Waals surface area contributed by atoms with Gasteiger partial charge in [-0.15, -0.1) is 0 Å². The van der Waals surface area contributed by atoms with Crippen LogP contribution < -0.4 is 0 Å². The summed E-state index contributed by atoms with van der Waals surface area (Å²) in [4.78, 5) is 15.0. The third-order valence-electron chi connectivity index (χ3n) is 3.62. The molecule has 1 aromatic carbocycles. The fraction of sp³-hybridized carbons (Fsp3) is 0. The van der Waals surface area contributed by atoms with Gasteiger partial charge in [-0.2, -0.15) is 0 Å². The topological polar surface area (TPSA) is 45.9 Å². The van der Waals surface area contributed by atoms with Gasteiger partial charge in [-0.1, -0.05) is 12.1 Å². The summed E-state index contributed by atoms with van der Waals surface area (Å²) in [5, 5.41) is 1.98. The van der Waals surface area contributed by atoms with Gasteiger partial charge in [0, 0.05) is 28.7 Å². The number of halogens is 1. The zero-order chi connectivity index (χ0) is 15.1. The minimum atomic E-state index is -0.532. The van der Waals surface area contributed by atoms with E-state index in [0.29, 0.717) is 11.3 Å². The third-order valence-corrected chi connectivity index (χ3v) is 3.62. The summed E-state index contributed by atoms with van der Waals surface area (Å²) in [5.74, 6) is -0.532. The summed E-state index contributed by atoms with van der Waals surface area (Å²) in [5.41, 5.74) is 3.01. The van der Waals surface area contributed by atoms with Crippen molar-refractivity contribution in [2.75, 3.05) is 0 Å². The predicted molar refractivity (Wildman–Crippen MR) is 83.1 cm³/mol. The lowest BCUT2D eigenvalue weighted by Gasteiger charge is -2.02. The van der Waals surface area contributed by atoms with E-state index in [1.807, 2.05) is 18.2 Å². The number of benzene rings is 1. The minimum absolute atomic E-state index is 0.0153. The first-order valence-corrected chi connectivity index (χ1v) is 6.66. The molecule has 4 aromatic rings. The van der Waals surface area contributed by atoms with Crippen molar-refractivity contribution in [3.8, 4) is 11.3 Å². The fourth-order valence-electron chi connectivity index (χ4n) is 2.54. The Bertz CT molecular complexity index is 1060. The molecule has 0 radical (unpaired) electrons. The molecule has 0 spiro atoms. The first kappa shape index (κ1) is 12.5. The highest BCUT2D eigenvalue weighted by atomic mass is 18.2. The lowest BCUT2D eigenvalue weighted by Crippen LogP contribution is -1.86. The average Bonchev–Trinajstić information content (AvgIpc) is 2.92. The molecule has 104 valence electrons. The molecule has 0 saturated carbocycles. The highest BCUT2D eigenvalue weighted by Crippen LogP contribution is 2.28. The number of nitrogens with zero attached hydrogens (tertiary/aromatic N) is 3. The monoisotopic (exact) mass is 287 g/mol. The second-order valence-electron chi connectivity index (χ2n) is 4.92. The van der Waals surface area contributed by atoms with Crippen molar-refractivity contribution in [1.82, 2.24) is 15.0 Å². The molecule has 0 aliphatic rings. The van der Waals surface area contributed by atoms with Crippen molar-refractivity contribution in [3.05, 3.63) is 66.0 Å². The van der Waals surface area contributed by atoms with Crippen LogP contribution in [0.4, 0.5) is 10.1 Å². The van der Waals surface area contributed by atoms with Gasteiger partial charge in [0.2, 0.25) is 5.69 Å². The van der Waals surface area contributed by atoms with Crippen molar-refractivity contribution in [1.29, 1.82) is 0 Å². The van der Waals surface area contributed by atoms with E-state index >= 15 is 0 Å². The van der Waals surface area contributed by atoms with Gasteiger partial charge < -0.3 is 4.98 Å². The van der Waals surface area contributed by atoms with E-state index in [0.717, 1.165) is 21.9 Å². The maximum atomic E-state index is 13.8. The number of aromatic nitrogens is 3. The van der Waals surface area contributed by atoms with Gasteiger partial charge >= 0.3 is 0 Å². The van der Waals surface area contributed by atoms with Gasteiger partial charge in [0.05, 0.1) is 17.8 Å². The molecule has 0 atom stereocenters. The Hall–Kier alpha value is -3.26. The molecular weight excluding hydrogens is 278 g/mol. The molecular formula is C17H9FN4. The van der Waals surface area contributed by atoms with Crippen LogP contribution in [0.5, 0.6) is 0 Å². The summed E-state index contributed by atoms with van der Waals surface area (Å²) < 4.78 is 13.8. The highest BCUT2D eigenvalue weighted by molar-refractivity contribution is 6.05. The molecule has 22 heavy (non-hydrogen) atoms. The van der Waals surface area contributed by atoms with Gasteiger partial charge in [-0.05, 0) is 24.3 Å². The predicted octanol–water partition coefficient (Wildman–Crippen LogP) is 4.47. The Labute approximate surface area is 125 Å². The largest absolute Gasteiger partial charge is 0.339 e. The minimum Gasteiger partial charge on any atom is -0.339 e. The Morgan fingerprint density at radius 1 is 1.09 bits per heavy atom. The lowest BCUT2D eigenvalue weighted by molar-refractivity contribution is 0.634. The van der Waals surface area contributed by atoms with Crippen molar-refractivity contribution < 1.29 is 4.39 Å². The molecule has 3 heterocycles. The first-order chi connectivity index (χ1) is 10.8. The number of rotatable bonds is 1. The Balaban J connectivity index is 1.91. The van der Waals surface area contributed by atoms with Gasteiger partial charge in [0.1, 0.15) is 11.5 Å². The van der Waals surface area contributed by atoms with E-state index in [-0.39, 0.29) is 5.69 Å². The van der Waals surface area contributed by atoms with Crippen LogP contribution in [-0.4, -0.2) is 15.0 Å². The molecule has 0 amide bonds. The molecule has 4 nitrogen and oxygen atoms in total. The van der Waals surface area contributed by atoms with Crippen molar-refractivity contribution in [3.63, 3.8) is 0 Å². The van der Waals surface area contributed by atoms with Crippen LogP contribution in [0, 0.1) is 12.4 Å². The molecule has 0 bridgehead atoms. The van der Waals surface area contributed by atoms with E-state index in [9.17, 15) is 4.39 Å². The second-order valence-corrected chi connectivity index (χ2v) is 4.92. The zero-order valence-corrected chi connectivity index (χ0v) is 11.3. The van der Waals surface area contributed by atoms with E-state index in [1.54, 1.807) is 18.5 Å². The summed E-state index contributed by atoms with van der Waals surface area (Å²) in [6.45, 7) is 6.89. The molecule has 0 aliphatic heterocycles. The van der Waals surface area contributed by atoms with E-state index in [2.05, 4.69) is 19.8 Å². The molecule has 4 rings (SSSR count). The number of hydrogen-bond donors (Lipinski definition) is 1. The van der Waals surface area contributed by atoms with Crippen LogP contribution in [0.3, 0.4) is 0 Å². The summed E-state index contributed by atoms with van der Waals surface area (Å²) in [6, 6.07) is 10.2. The molecule has 0 unspecified atom stereocenters. The number of nitrogens with one attached hydrogen (secondary N) is 1. The Morgan fingerprint density at radius 3 is 2.82 bits per heavy atom. The van der Waals surface area contributed by atoms with Gasteiger partial charge in [0.15, 0.2) is 0 Å². The molecule has 5 heteroatoms. The van der Waals surface area contributed by atoms with Crippen LogP contribution in [0.25, 0.3) is 38.0 Å². The number of fused-ring (bicyclic) bond motifs is 3. The molecule has 0 aliphatic carbocycles. The highest BCUT2D eigenvalue weighted by Gasteiger charge is 2.09. The van der Waals surface area contributed by atoms with Crippen LogP contribution in [0.2, 0.25) is 0 Å². The third kappa shape index (κ3) is 1.82. The molecule has 0 fully saturated rings. The smallest absolute Gasteiger partial charge is 0.222 e. The second kappa shape index (κ2) is 4.64. The number of hydrogen-bond acceptors (Lipinski definition) is 2. The van der Waals surface area contributed by atoms with Crippen molar-refractivity contribution in [2.45, 2.75) is 0 Å². The van der Waals surface area contributed by atoms with Gasteiger partial charge in [0.25, 0.3) is 0 Å². The van der Waals surface area contributed by atoms with E-state index in [1.165, 1.54) is 12.1 Å². The van der Waals surface area contributed by atoms with Crippen LogP contribution in [-0.2, 0) is 0 Å².